The van der Waals surface area contributed by atoms with Crippen molar-refractivity contribution in [3.63, 3.8) is 0 Å². The maximum absolute atomic E-state index is 13.5. The molecule has 3 aromatic carbocycles. The van der Waals surface area contributed by atoms with Gasteiger partial charge in [0.1, 0.15) is 5.58 Å². The molecule has 2 saturated heterocycles. The standard InChI is InChI=1S/C36H36ClN3O6/c1-45-33-21-32-28(19-31(33)42)30(41)20-34(46-32)36(44)38-27(17-23-8-10-26(37)11-9-23)18-24-12-15-39(16-13-24)29-6-3-2-5-25(29)22-40-14-4-7-35(40)43/h2-3,5-6,8-11,18-21,27,42H,4,7,12-17,22H2,1H3,(H,38,44)/t27-/m1/s1. The number of carbonyl (C=O) groups is 2. The van der Waals surface area contributed by atoms with Crippen molar-refractivity contribution < 1.29 is 23.8 Å². The molecular formula is C36H36ClN3O6. The molecule has 0 bridgehead atoms. The van der Waals surface area contributed by atoms with Crippen LogP contribution in [0.1, 0.15) is 47.4 Å². The van der Waals surface area contributed by atoms with Gasteiger partial charge in [-0.15, -0.1) is 0 Å². The molecule has 46 heavy (non-hydrogen) atoms. The van der Waals surface area contributed by atoms with Gasteiger partial charge >= 0.3 is 0 Å². The van der Waals surface area contributed by atoms with E-state index >= 15 is 0 Å². The fourth-order valence-corrected chi connectivity index (χ4v) is 6.35. The Bertz CT molecular complexity index is 1840. The van der Waals surface area contributed by atoms with E-state index in [2.05, 4.69) is 28.4 Å². The number of hydrogen-bond donors (Lipinski definition) is 2. The van der Waals surface area contributed by atoms with E-state index in [4.69, 9.17) is 20.8 Å². The molecule has 2 N–H and O–H groups in total. The molecule has 10 heteroatoms. The van der Waals surface area contributed by atoms with E-state index in [0.717, 1.165) is 61.8 Å². The molecule has 0 aliphatic carbocycles. The van der Waals surface area contributed by atoms with E-state index in [-0.39, 0.29) is 40.2 Å². The summed E-state index contributed by atoms with van der Waals surface area (Å²) in [6, 6.07) is 19.2. The minimum absolute atomic E-state index is 0.132. The Morgan fingerprint density at radius 2 is 1.80 bits per heavy atom. The lowest BCUT2D eigenvalue weighted by Gasteiger charge is -2.33. The average molecular weight is 642 g/mol. The summed E-state index contributed by atoms with van der Waals surface area (Å²) in [7, 11) is 1.39. The molecule has 0 spiro atoms. The number of amides is 2. The zero-order valence-corrected chi connectivity index (χ0v) is 26.4. The Hall–Kier alpha value is -4.76. The van der Waals surface area contributed by atoms with Crippen LogP contribution in [0.15, 0.2) is 87.6 Å². The molecule has 1 aromatic heterocycles. The summed E-state index contributed by atoms with van der Waals surface area (Å²) >= 11 is 6.12. The summed E-state index contributed by atoms with van der Waals surface area (Å²) in [4.78, 5) is 42.9. The Balaban J connectivity index is 1.20. The number of phenolic OH excluding ortho intramolecular Hbond substituents is 1. The average Bonchev–Trinajstić information content (AvgIpc) is 3.46. The molecule has 1 atom stereocenters. The molecule has 2 fully saturated rings. The van der Waals surface area contributed by atoms with E-state index in [0.29, 0.717) is 24.4 Å². The van der Waals surface area contributed by atoms with Crippen LogP contribution in [0.25, 0.3) is 11.0 Å². The molecular weight excluding hydrogens is 606 g/mol. The largest absolute Gasteiger partial charge is 0.504 e. The number of anilines is 1. The molecule has 2 amide bonds. The lowest BCUT2D eigenvalue weighted by atomic mass is 9.97. The van der Waals surface area contributed by atoms with Crippen molar-refractivity contribution in [2.24, 2.45) is 0 Å². The number of aromatic hydroxyl groups is 1. The van der Waals surface area contributed by atoms with Crippen molar-refractivity contribution in [3.05, 3.63) is 111 Å². The number of halogens is 1. The molecule has 0 saturated carbocycles. The van der Waals surface area contributed by atoms with Gasteiger partial charge in [0.25, 0.3) is 5.91 Å². The molecule has 3 heterocycles. The van der Waals surface area contributed by atoms with Crippen LogP contribution in [-0.4, -0.2) is 54.6 Å². The quantitative estimate of drug-likeness (QED) is 0.221. The summed E-state index contributed by atoms with van der Waals surface area (Å²) < 4.78 is 11.0. The van der Waals surface area contributed by atoms with Gasteiger partial charge in [0.2, 0.25) is 5.91 Å². The number of benzene rings is 3. The fraction of sp³-hybridized carbons (Fsp3) is 0.306. The Labute approximate surface area is 272 Å². The Morgan fingerprint density at radius 3 is 2.52 bits per heavy atom. The molecule has 9 nitrogen and oxygen atoms in total. The molecule has 2 aliphatic heterocycles. The number of carbonyl (C=O) groups excluding carboxylic acids is 2. The molecule has 238 valence electrons. The summed E-state index contributed by atoms with van der Waals surface area (Å²) in [5.41, 5.74) is 4.23. The van der Waals surface area contributed by atoms with Crippen LogP contribution in [0.2, 0.25) is 5.02 Å². The third kappa shape index (κ3) is 7.05. The van der Waals surface area contributed by atoms with E-state index < -0.39 is 11.3 Å². The van der Waals surface area contributed by atoms with Crippen molar-refractivity contribution in [3.8, 4) is 11.5 Å². The second kappa shape index (κ2) is 13.7. The zero-order valence-electron chi connectivity index (χ0n) is 25.6. The van der Waals surface area contributed by atoms with Gasteiger partial charge in [0.15, 0.2) is 22.7 Å². The zero-order chi connectivity index (χ0) is 32.2. The molecule has 6 rings (SSSR count). The number of likely N-dealkylation sites (tertiary alicyclic amines) is 1. The van der Waals surface area contributed by atoms with E-state index in [9.17, 15) is 19.5 Å². The van der Waals surface area contributed by atoms with Crippen LogP contribution < -0.4 is 20.4 Å². The molecule has 4 aromatic rings. The highest BCUT2D eigenvalue weighted by molar-refractivity contribution is 6.30. The number of ether oxygens (including phenoxy) is 1. The van der Waals surface area contributed by atoms with Gasteiger partial charge in [-0.2, -0.15) is 0 Å². The highest BCUT2D eigenvalue weighted by atomic mass is 35.5. The first-order valence-electron chi connectivity index (χ1n) is 15.5. The van der Waals surface area contributed by atoms with Gasteiger partial charge in [-0.3, -0.25) is 14.4 Å². The van der Waals surface area contributed by atoms with Crippen LogP contribution in [0.3, 0.4) is 0 Å². The van der Waals surface area contributed by atoms with Crippen molar-refractivity contribution in [1.29, 1.82) is 0 Å². The van der Waals surface area contributed by atoms with E-state index in [1.165, 1.54) is 24.8 Å². The van der Waals surface area contributed by atoms with E-state index in [1.807, 2.05) is 41.3 Å². The fourth-order valence-electron chi connectivity index (χ4n) is 6.23. The first kappa shape index (κ1) is 31.2. The summed E-state index contributed by atoms with van der Waals surface area (Å²) in [5, 5.41) is 13.9. The number of piperidine rings is 1. The van der Waals surface area contributed by atoms with Gasteiger partial charge in [-0.1, -0.05) is 53.6 Å². The number of methoxy groups -OCH3 is 1. The molecule has 2 aliphatic rings. The minimum Gasteiger partial charge on any atom is -0.504 e. The predicted molar refractivity (Wildman–Crippen MR) is 178 cm³/mol. The number of phenols is 1. The minimum atomic E-state index is -0.523. The maximum Gasteiger partial charge on any atom is 0.287 e. The normalized spacial score (nSPS) is 15.7. The monoisotopic (exact) mass is 641 g/mol. The predicted octanol–water partition coefficient (Wildman–Crippen LogP) is 5.85. The van der Waals surface area contributed by atoms with Gasteiger partial charge in [-0.25, -0.2) is 0 Å². The van der Waals surface area contributed by atoms with E-state index in [1.54, 1.807) is 0 Å². The van der Waals surface area contributed by atoms with Crippen molar-refractivity contribution in [2.45, 2.75) is 44.7 Å². The number of nitrogens with one attached hydrogen (secondary N) is 1. The lowest BCUT2D eigenvalue weighted by Crippen LogP contribution is -2.37. The van der Waals surface area contributed by atoms with Crippen LogP contribution in [0.4, 0.5) is 5.69 Å². The third-order valence-electron chi connectivity index (χ3n) is 8.65. The third-order valence-corrected chi connectivity index (χ3v) is 8.90. The van der Waals surface area contributed by atoms with Gasteiger partial charge in [0.05, 0.1) is 18.5 Å². The smallest absolute Gasteiger partial charge is 0.287 e. The van der Waals surface area contributed by atoms with Gasteiger partial charge < -0.3 is 29.4 Å². The number of rotatable bonds is 9. The van der Waals surface area contributed by atoms with Gasteiger partial charge in [-0.05, 0) is 61.1 Å². The summed E-state index contributed by atoms with van der Waals surface area (Å²) in [6.07, 6.45) is 5.80. The SMILES string of the molecule is COc1cc2oc(C(=O)N[C@@H](C=C3CCN(c4ccccc4CN4CCCC4=O)CC3)Cc3ccc(Cl)cc3)cc(=O)c2cc1O. The van der Waals surface area contributed by atoms with Crippen molar-refractivity contribution >= 4 is 40.1 Å². The number of nitrogens with zero attached hydrogens (tertiary/aromatic N) is 2. The number of para-hydroxylation sites is 1. The van der Waals surface area contributed by atoms with Crippen molar-refractivity contribution in [2.75, 3.05) is 31.6 Å². The summed E-state index contributed by atoms with van der Waals surface area (Å²) in [5.74, 6) is -0.491. The highest BCUT2D eigenvalue weighted by Crippen LogP contribution is 2.31. The Kier molecular flexibility index (Phi) is 9.30. The summed E-state index contributed by atoms with van der Waals surface area (Å²) in [6.45, 7) is 3.06. The van der Waals surface area contributed by atoms with Crippen LogP contribution >= 0.6 is 11.6 Å². The number of fused-ring (bicyclic) bond motifs is 1. The second-order valence-corrected chi connectivity index (χ2v) is 12.2. The molecule has 0 radical (unpaired) electrons. The topological polar surface area (TPSA) is 112 Å². The van der Waals surface area contributed by atoms with Gasteiger partial charge in [0, 0.05) is 55.4 Å². The lowest BCUT2D eigenvalue weighted by molar-refractivity contribution is -0.128. The van der Waals surface area contributed by atoms with Crippen molar-refractivity contribution in [1.82, 2.24) is 10.2 Å². The first-order chi connectivity index (χ1) is 22.3. The number of hydrogen-bond acceptors (Lipinski definition) is 7. The second-order valence-electron chi connectivity index (χ2n) is 11.8. The molecule has 0 unspecified atom stereocenters. The maximum atomic E-state index is 13.5. The van der Waals surface area contributed by atoms with Crippen LogP contribution in [0, 0.1) is 0 Å². The van der Waals surface area contributed by atoms with Crippen LogP contribution in [-0.2, 0) is 17.8 Å². The first-order valence-corrected chi connectivity index (χ1v) is 15.9. The van der Waals surface area contributed by atoms with Crippen LogP contribution in [0.5, 0.6) is 11.5 Å². The Morgan fingerprint density at radius 1 is 1.04 bits per heavy atom. The highest BCUT2D eigenvalue weighted by Gasteiger charge is 2.24.